The molecule has 0 unspecified atom stereocenters. The number of benzene rings is 3. The molecule has 0 saturated carbocycles. The predicted octanol–water partition coefficient (Wildman–Crippen LogP) is 5.64. The second-order valence-corrected chi connectivity index (χ2v) is 7.74. The van der Waals surface area contributed by atoms with Crippen molar-refractivity contribution >= 4 is 11.6 Å². The van der Waals surface area contributed by atoms with Gasteiger partial charge >= 0.3 is 0 Å². The highest BCUT2D eigenvalue weighted by molar-refractivity contribution is 6.31. The Balaban J connectivity index is 1.42. The molecular formula is C25H26ClNO4. The van der Waals surface area contributed by atoms with Crippen molar-refractivity contribution in [2.45, 2.75) is 33.5 Å². The second kappa shape index (κ2) is 9.94. The summed E-state index contributed by atoms with van der Waals surface area (Å²) < 4.78 is 22.7. The summed E-state index contributed by atoms with van der Waals surface area (Å²) in [5.74, 6) is 2.91. The third-order valence-electron chi connectivity index (χ3n) is 5.14. The minimum absolute atomic E-state index is 0.278. The van der Waals surface area contributed by atoms with E-state index in [2.05, 4.69) is 24.4 Å². The van der Waals surface area contributed by atoms with Crippen LogP contribution in [-0.4, -0.2) is 13.4 Å². The number of hydrogen-bond acceptors (Lipinski definition) is 5. The summed E-state index contributed by atoms with van der Waals surface area (Å²) >= 11 is 6.56. The molecule has 0 bridgehead atoms. The number of rotatable bonds is 9. The average molecular weight is 440 g/mol. The lowest BCUT2D eigenvalue weighted by atomic mass is 10.1. The maximum absolute atomic E-state index is 6.56. The zero-order chi connectivity index (χ0) is 21.6. The van der Waals surface area contributed by atoms with E-state index >= 15 is 0 Å². The van der Waals surface area contributed by atoms with Crippen LogP contribution in [-0.2, 0) is 19.7 Å². The Labute approximate surface area is 187 Å². The number of hydrogen-bond donors (Lipinski definition) is 1. The number of nitrogens with one attached hydrogen (secondary N) is 1. The SMILES string of the molecule is CCOc1cc(CNCc2ccc3c(c2)OCO3)c(Cl)cc1OCc1ccccc1C. The van der Waals surface area contributed by atoms with Crippen molar-refractivity contribution in [1.29, 1.82) is 0 Å². The Kier molecular flexibility index (Phi) is 6.85. The van der Waals surface area contributed by atoms with Crippen molar-refractivity contribution in [3.05, 3.63) is 81.9 Å². The van der Waals surface area contributed by atoms with Gasteiger partial charge in [-0.15, -0.1) is 0 Å². The van der Waals surface area contributed by atoms with E-state index in [1.54, 1.807) is 0 Å². The minimum Gasteiger partial charge on any atom is -0.490 e. The van der Waals surface area contributed by atoms with Gasteiger partial charge in [-0.3, -0.25) is 0 Å². The molecule has 1 N–H and O–H groups in total. The van der Waals surface area contributed by atoms with E-state index in [0.29, 0.717) is 42.8 Å². The van der Waals surface area contributed by atoms with Gasteiger partial charge in [-0.25, -0.2) is 0 Å². The third kappa shape index (κ3) is 5.24. The largest absolute Gasteiger partial charge is 0.490 e. The molecule has 1 aliphatic heterocycles. The first-order valence-corrected chi connectivity index (χ1v) is 10.7. The van der Waals surface area contributed by atoms with Crippen LogP contribution in [0.3, 0.4) is 0 Å². The van der Waals surface area contributed by atoms with Crippen molar-refractivity contribution in [1.82, 2.24) is 5.32 Å². The fourth-order valence-corrected chi connectivity index (χ4v) is 3.63. The van der Waals surface area contributed by atoms with Crippen LogP contribution >= 0.6 is 11.6 Å². The lowest BCUT2D eigenvalue weighted by Crippen LogP contribution is -2.13. The quantitative estimate of drug-likeness (QED) is 0.467. The summed E-state index contributed by atoms with van der Waals surface area (Å²) in [5, 5.41) is 4.07. The van der Waals surface area contributed by atoms with Crippen LogP contribution in [0.2, 0.25) is 5.02 Å². The summed E-state index contributed by atoms with van der Waals surface area (Å²) in [4.78, 5) is 0. The van der Waals surface area contributed by atoms with Gasteiger partial charge in [0.1, 0.15) is 6.61 Å². The van der Waals surface area contributed by atoms with Crippen molar-refractivity contribution in [2.75, 3.05) is 13.4 Å². The van der Waals surface area contributed by atoms with E-state index < -0.39 is 0 Å². The molecule has 31 heavy (non-hydrogen) atoms. The molecule has 0 atom stereocenters. The fourth-order valence-electron chi connectivity index (χ4n) is 3.41. The van der Waals surface area contributed by atoms with Gasteiger partial charge in [-0.2, -0.15) is 0 Å². The lowest BCUT2D eigenvalue weighted by molar-refractivity contribution is 0.174. The van der Waals surface area contributed by atoms with Gasteiger partial charge in [0.15, 0.2) is 23.0 Å². The van der Waals surface area contributed by atoms with E-state index in [1.165, 1.54) is 5.56 Å². The van der Waals surface area contributed by atoms with E-state index in [1.807, 2.05) is 49.4 Å². The molecule has 0 amide bonds. The van der Waals surface area contributed by atoms with Crippen LogP contribution in [0.1, 0.15) is 29.2 Å². The molecule has 4 rings (SSSR count). The van der Waals surface area contributed by atoms with E-state index in [9.17, 15) is 0 Å². The fraction of sp³-hybridized carbons (Fsp3) is 0.280. The molecule has 3 aromatic carbocycles. The molecule has 0 fully saturated rings. The van der Waals surface area contributed by atoms with Gasteiger partial charge in [-0.05, 0) is 54.3 Å². The highest BCUT2D eigenvalue weighted by Crippen LogP contribution is 2.35. The molecule has 5 nitrogen and oxygen atoms in total. The molecule has 0 spiro atoms. The van der Waals surface area contributed by atoms with Crippen molar-refractivity contribution in [3.8, 4) is 23.0 Å². The number of halogens is 1. The minimum atomic E-state index is 0.278. The van der Waals surface area contributed by atoms with Crippen LogP contribution < -0.4 is 24.3 Å². The number of fused-ring (bicyclic) bond motifs is 1. The zero-order valence-electron chi connectivity index (χ0n) is 17.7. The molecule has 6 heteroatoms. The molecule has 0 radical (unpaired) electrons. The zero-order valence-corrected chi connectivity index (χ0v) is 18.5. The predicted molar refractivity (Wildman–Crippen MR) is 121 cm³/mol. The molecule has 0 aromatic heterocycles. The van der Waals surface area contributed by atoms with Crippen LogP contribution in [0.15, 0.2) is 54.6 Å². The standard InChI is InChI=1S/C25H26ClNO4/c1-3-28-24-11-20(14-27-13-18-8-9-22-23(10-18)31-16-30-22)21(26)12-25(24)29-15-19-7-5-4-6-17(19)2/h4-12,27H,3,13-16H2,1-2H3. The molecule has 0 aliphatic carbocycles. The Morgan fingerprint density at radius 1 is 0.903 bits per heavy atom. The topological polar surface area (TPSA) is 49.0 Å². The van der Waals surface area contributed by atoms with Gasteiger partial charge in [0, 0.05) is 24.2 Å². The lowest BCUT2D eigenvalue weighted by Gasteiger charge is -2.16. The maximum atomic E-state index is 6.56. The first-order chi connectivity index (χ1) is 15.1. The molecule has 0 saturated heterocycles. The number of ether oxygens (including phenoxy) is 4. The summed E-state index contributed by atoms with van der Waals surface area (Å²) in [6.07, 6.45) is 0. The van der Waals surface area contributed by atoms with Gasteiger partial charge in [0.2, 0.25) is 6.79 Å². The Morgan fingerprint density at radius 2 is 1.71 bits per heavy atom. The Hall–Kier alpha value is -2.89. The van der Waals surface area contributed by atoms with Crippen LogP contribution in [0.25, 0.3) is 0 Å². The highest BCUT2D eigenvalue weighted by Gasteiger charge is 2.14. The first-order valence-electron chi connectivity index (χ1n) is 10.4. The normalized spacial score (nSPS) is 12.1. The smallest absolute Gasteiger partial charge is 0.231 e. The van der Waals surface area contributed by atoms with Gasteiger partial charge in [0.25, 0.3) is 0 Å². The summed E-state index contributed by atoms with van der Waals surface area (Å²) in [6, 6.07) is 17.9. The maximum Gasteiger partial charge on any atom is 0.231 e. The molecular weight excluding hydrogens is 414 g/mol. The van der Waals surface area contributed by atoms with Gasteiger partial charge in [0.05, 0.1) is 6.61 Å². The monoisotopic (exact) mass is 439 g/mol. The molecule has 162 valence electrons. The summed E-state index contributed by atoms with van der Waals surface area (Å²) in [6.45, 7) is 6.60. The van der Waals surface area contributed by atoms with Crippen LogP contribution in [0.4, 0.5) is 0 Å². The van der Waals surface area contributed by atoms with Crippen LogP contribution in [0, 0.1) is 6.92 Å². The van der Waals surface area contributed by atoms with Gasteiger partial charge < -0.3 is 24.3 Å². The second-order valence-electron chi connectivity index (χ2n) is 7.33. The first kappa shape index (κ1) is 21.3. The molecule has 1 aliphatic rings. The van der Waals surface area contributed by atoms with Gasteiger partial charge in [-0.1, -0.05) is 41.9 Å². The highest BCUT2D eigenvalue weighted by atomic mass is 35.5. The molecule has 3 aromatic rings. The van der Waals surface area contributed by atoms with Crippen molar-refractivity contribution < 1.29 is 18.9 Å². The van der Waals surface area contributed by atoms with E-state index in [0.717, 1.165) is 28.2 Å². The Bertz CT molecular complexity index is 1050. The summed E-state index contributed by atoms with van der Waals surface area (Å²) in [5.41, 5.74) is 4.39. The number of aryl methyl sites for hydroxylation is 1. The average Bonchev–Trinajstić information content (AvgIpc) is 3.24. The summed E-state index contributed by atoms with van der Waals surface area (Å²) in [7, 11) is 0. The third-order valence-corrected chi connectivity index (χ3v) is 5.49. The van der Waals surface area contributed by atoms with E-state index in [4.69, 9.17) is 30.5 Å². The van der Waals surface area contributed by atoms with Crippen molar-refractivity contribution in [2.24, 2.45) is 0 Å². The van der Waals surface area contributed by atoms with E-state index in [-0.39, 0.29) is 6.79 Å². The van der Waals surface area contributed by atoms with Crippen LogP contribution in [0.5, 0.6) is 23.0 Å². The Morgan fingerprint density at radius 3 is 2.55 bits per heavy atom. The molecule has 1 heterocycles. The van der Waals surface area contributed by atoms with Crippen molar-refractivity contribution in [3.63, 3.8) is 0 Å².